The number of hydrogen-bond acceptors (Lipinski definition) is 5. The second kappa shape index (κ2) is 6.40. The van der Waals surface area contributed by atoms with Gasteiger partial charge in [-0.2, -0.15) is 5.10 Å². The molecule has 0 saturated carbocycles. The molecule has 0 aliphatic rings. The smallest absolute Gasteiger partial charge is 0.223 e. The number of nitrogens with one attached hydrogen (secondary N) is 1. The second-order valence-corrected chi connectivity index (χ2v) is 8.49. The topological polar surface area (TPSA) is 76.9 Å². The Morgan fingerprint density at radius 3 is 2.52 bits per heavy atom. The van der Waals surface area contributed by atoms with Crippen molar-refractivity contribution in [1.82, 2.24) is 19.5 Å². The maximum absolute atomic E-state index is 12.3. The zero-order valence-electron chi connectivity index (χ0n) is 12.0. The van der Waals surface area contributed by atoms with E-state index in [-0.39, 0.29) is 10.3 Å². The Morgan fingerprint density at radius 1 is 1.22 bits per heavy atom. The highest BCUT2D eigenvalue weighted by molar-refractivity contribution is 7.91. The summed E-state index contributed by atoms with van der Waals surface area (Å²) >= 11 is 6.83. The summed E-state index contributed by atoms with van der Waals surface area (Å²) < 4.78 is 29.5. The first kappa shape index (κ1) is 16.1. The Hall–Kier alpha value is -1.74. The summed E-state index contributed by atoms with van der Waals surface area (Å²) in [7, 11) is -3.58. The maximum atomic E-state index is 12.3. The van der Waals surface area contributed by atoms with E-state index >= 15 is 0 Å². The van der Waals surface area contributed by atoms with Gasteiger partial charge in [-0.3, -0.25) is 0 Å². The first-order valence-corrected chi connectivity index (χ1v) is 9.36. The standard InChI is InChI=1S/C14H13ClN4O2S2/c1-10(18-23(20,21)14-7-6-13(15)22-14)11-2-4-12(5-3-11)19-9-16-8-17-19/h2-10,18H,1H3. The van der Waals surface area contributed by atoms with Crippen LogP contribution in [0.5, 0.6) is 0 Å². The van der Waals surface area contributed by atoms with Crippen LogP contribution in [0.3, 0.4) is 0 Å². The Bertz CT molecular complexity index is 889. The number of benzene rings is 1. The molecule has 9 heteroatoms. The van der Waals surface area contributed by atoms with Gasteiger partial charge in [0, 0.05) is 6.04 Å². The lowest BCUT2D eigenvalue weighted by Gasteiger charge is -2.14. The van der Waals surface area contributed by atoms with Crippen molar-refractivity contribution < 1.29 is 8.42 Å². The molecule has 0 aliphatic heterocycles. The number of aromatic nitrogens is 3. The number of hydrogen-bond donors (Lipinski definition) is 1. The molecule has 120 valence electrons. The second-order valence-electron chi connectivity index (χ2n) is 4.83. The van der Waals surface area contributed by atoms with Crippen LogP contribution >= 0.6 is 22.9 Å². The fourth-order valence-electron chi connectivity index (χ4n) is 2.06. The predicted molar refractivity (Wildman–Crippen MR) is 89.4 cm³/mol. The molecule has 1 aromatic carbocycles. The van der Waals surface area contributed by atoms with E-state index in [0.29, 0.717) is 4.34 Å². The molecule has 3 aromatic rings. The fraction of sp³-hybridized carbons (Fsp3) is 0.143. The molecular weight excluding hydrogens is 356 g/mol. The van der Waals surface area contributed by atoms with Crippen LogP contribution in [0, 0.1) is 0 Å². The molecular formula is C14H13ClN4O2S2. The van der Waals surface area contributed by atoms with Crippen molar-refractivity contribution in [1.29, 1.82) is 0 Å². The van der Waals surface area contributed by atoms with Gasteiger partial charge in [0.1, 0.15) is 16.9 Å². The van der Waals surface area contributed by atoms with Crippen LogP contribution in [0.1, 0.15) is 18.5 Å². The van der Waals surface area contributed by atoms with Gasteiger partial charge in [-0.1, -0.05) is 23.7 Å². The third kappa shape index (κ3) is 3.61. The highest BCUT2D eigenvalue weighted by Gasteiger charge is 2.20. The van der Waals surface area contributed by atoms with E-state index in [9.17, 15) is 8.42 Å². The van der Waals surface area contributed by atoms with Crippen LogP contribution in [-0.2, 0) is 10.0 Å². The molecule has 0 amide bonds. The number of halogens is 1. The van der Waals surface area contributed by atoms with Gasteiger partial charge in [-0.15, -0.1) is 11.3 Å². The van der Waals surface area contributed by atoms with Gasteiger partial charge < -0.3 is 0 Å². The van der Waals surface area contributed by atoms with Crippen LogP contribution in [0.15, 0.2) is 53.3 Å². The Morgan fingerprint density at radius 2 is 1.96 bits per heavy atom. The van der Waals surface area contributed by atoms with E-state index in [1.165, 1.54) is 12.4 Å². The average Bonchev–Trinajstić information content (AvgIpc) is 3.18. The fourth-order valence-corrected chi connectivity index (χ4v) is 4.79. The normalized spacial score (nSPS) is 13.1. The van der Waals surface area contributed by atoms with Crippen LogP contribution in [0.25, 0.3) is 5.69 Å². The molecule has 6 nitrogen and oxygen atoms in total. The molecule has 0 saturated heterocycles. The lowest BCUT2D eigenvalue weighted by Crippen LogP contribution is -2.26. The van der Waals surface area contributed by atoms with E-state index in [4.69, 9.17) is 11.6 Å². The van der Waals surface area contributed by atoms with E-state index in [2.05, 4.69) is 14.8 Å². The summed E-state index contributed by atoms with van der Waals surface area (Å²) in [5, 5.41) is 4.05. The first-order valence-electron chi connectivity index (χ1n) is 6.68. The minimum Gasteiger partial charge on any atom is -0.223 e. The summed E-state index contributed by atoms with van der Waals surface area (Å²) in [5.74, 6) is 0. The van der Waals surface area contributed by atoms with Crippen molar-refractivity contribution >= 4 is 33.0 Å². The van der Waals surface area contributed by atoms with Gasteiger partial charge in [0.2, 0.25) is 0 Å². The summed E-state index contributed by atoms with van der Waals surface area (Å²) in [6.45, 7) is 1.79. The lowest BCUT2D eigenvalue weighted by molar-refractivity contribution is 0.569. The third-order valence-electron chi connectivity index (χ3n) is 3.22. The van der Waals surface area contributed by atoms with Crippen LogP contribution in [0.4, 0.5) is 0 Å². The molecule has 2 heterocycles. The van der Waals surface area contributed by atoms with Crippen molar-refractivity contribution in [2.24, 2.45) is 0 Å². The van der Waals surface area contributed by atoms with E-state index in [1.54, 1.807) is 24.0 Å². The monoisotopic (exact) mass is 368 g/mol. The van der Waals surface area contributed by atoms with Crippen LogP contribution < -0.4 is 4.72 Å². The maximum Gasteiger partial charge on any atom is 0.250 e. The molecule has 0 bridgehead atoms. The number of rotatable bonds is 5. The summed E-state index contributed by atoms with van der Waals surface area (Å²) in [5.41, 5.74) is 1.70. The molecule has 2 aromatic heterocycles. The molecule has 0 aliphatic carbocycles. The summed E-state index contributed by atoms with van der Waals surface area (Å²) in [6, 6.07) is 10.1. The van der Waals surface area contributed by atoms with E-state index in [0.717, 1.165) is 22.6 Å². The zero-order chi connectivity index (χ0) is 16.4. The Balaban J connectivity index is 1.77. The molecule has 1 atom stereocenters. The first-order chi connectivity index (χ1) is 11.0. The Labute approximate surface area is 142 Å². The van der Waals surface area contributed by atoms with Gasteiger partial charge in [0.25, 0.3) is 10.0 Å². The molecule has 1 unspecified atom stereocenters. The predicted octanol–water partition coefficient (Wildman–Crippen LogP) is 3.02. The van der Waals surface area contributed by atoms with Gasteiger partial charge in [0.05, 0.1) is 10.0 Å². The van der Waals surface area contributed by atoms with Crippen molar-refractivity contribution in [2.45, 2.75) is 17.2 Å². The molecule has 0 spiro atoms. The van der Waals surface area contributed by atoms with Gasteiger partial charge in [0.15, 0.2) is 0 Å². The van der Waals surface area contributed by atoms with Gasteiger partial charge in [-0.25, -0.2) is 22.8 Å². The Kier molecular flexibility index (Phi) is 4.49. The largest absolute Gasteiger partial charge is 0.250 e. The SMILES string of the molecule is CC(NS(=O)(=O)c1ccc(Cl)s1)c1ccc(-n2cncn2)cc1. The minimum absolute atomic E-state index is 0.202. The molecule has 0 radical (unpaired) electrons. The highest BCUT2D eigenvalue weighted by Crippen LogP contribution is 2.27. The molecule has 3 rings (SSSR count). The van der Waals surface area contributed by atoms with Crippen molar-refractivity contribution in [3.8, 4) is 5.69 Å². The number of nitrogens with zero attached hydrogens (tertiary/aromatic N) is 3. The van der Waals surface area contributed by atoms with Crippen molar-refractivity contribution in [3.63, 3.8) is 0 Å². The van der Waals surface area contributed by atoms with E-state index < -0.39 is 10.0 Å². The highest BCUT2D eigenvalue weighted by atomic mass is 35.5. The molecule has 1 N–H and O–H groups in total. The quantitative estimate of drug-likeness (QED) is 0.751. The summed E-state index contributed by atoms with van der Waals surface area (Å²) in [6.07, 6.45) is 3.05. The van der Waals surface area contributed by atoms with Gasteiger partial charge in [-0.05, 0) is 36.8 Å². The third-order valence-corrected chi connectivity index (χ3v) is 6.49. The molecule has 23 heavy (non-hydrogen) atoms. The minimum atomic E-state index is -3.58. The van der Waals surface area contributed by atoms with Crippen LogP contribution in [0.2, 0.25) is 4.34 Å². The average molecular weight is 369 g/mol. The van der Waals surface area contributed by atoms with Gasteiger partial charge >= 0.3 is 0 Å². The zero-order valence-corrected chi connectivity index (χ0v) is 14.4. The number of sulfonamides is 1. The molecule has 0 fully saturated rings. The van der Waals surface area contributed by atoms with E-state index in [1.807, 2.05) is 24.3 Å². The summed E-state index contributed by atoms with van der Waals surface area (Å²) in [4.78, 5) is 3.89. The van der Waals surface area contributed by atoms with Crippen molar-refractivity contribution in [2.75, 3.05) is 0 Å². The number of thiophene rings is 1. The van der Waals surface area contributed by atoms with Crippen molar-refractivity contribution in [3.05, 3.63) is 59.0 Å². The lowest BCUT2D eigenvalue weighted by atomic mass is 10.1. The van der Waals surface area contributed by atoms with Crippen LogP contribution in [-0.4, -0.2) is 23.2 Å².